The van der Waals surface area contributed by atoms with Gasteiger partial charge in [-0.1, -0.05) is 12.1 Å². The molecule has 1 fully saturated rings. The highest BCUT2D eigenvalue weighted by molar-refractivity contribution is 5.81. The van der Waals surface area contributed by atoms with Crippen LogP contribution in [0.2, 0.25) is 0 Å². The number of ether oxygens (including phenoxy) is 2. The zero-order chi connectivity index (χ0) is 21.3. The lowest BCUT2D eigenvalue weighted by Gasteiger charge is -2.35. The quantitative estimate of drug-likeness (QED) is 0.654. The number of piperazine rings is 1. The van der Waals surface area contributed by atoms with Crippen molar-refractivity contribution >= 4 is 17.6 Å². The Labute approximate surface area is 173 Å². The van der Waals surface area contributed by atoms with E-state index in [1.165, 1.54) is 13.2 Å². The third-order valence-corrected chi connectivity index (χ3v) is 5.01. The van der Waals surface area contributed by atoms with Crippen molar-refractivity contribution in [2.75, 3.05) is 38.2 Å². The molecule has 3 heterocycles. The Morgan fingerprint density at radius 2 is 1.90 bits per heavy atom. The van der Waals surface area contributed by atoms with Gasteiger partial charge in [-0.2, -0.15) is 5.10 Å². The SMILES string of the molecule is COc1c(F)cccc1-c1cnn2ccc(N3CCN(C(=O)OC(C)C)CC3)nc12. The molecule has 2 aromatic heterocycles. The topological polar surface area (TPSA) is 72.2 Å². The van der Waals surface area contributed by atoms with E-state index >= 15 is 0 Å². The number of halogens is 1. The lowest BCUT2D eigenvalue weighted by Crippen LogP contribution is -2.49. The molecule has 0 spiro atoms. The van der Waals surface area contributed by atoms with Crippen LogP contribution in [-0.4, -0.2) is 65.0 Å². The summed E-state index contributed by atoms with van der Waals surface area (Å²) < 4.78 is 26.4. The first-order chi connectivity index (χ1) is 14.5. The fraction of sp³-hybridized carbons (Fsp3) is 0.381. The molecule has 0 unspecified atom stereocenters. The number of para-hydroxylation sites is 1. The number of methoxy groups -OCH3 is 1. The number of amides is 1. The lowest BCUT2D eigenvalue weighted by molar-refractivity contribution is 0.0751. The number of benzene rings is 1. The van der Waals surface area contributed by atoms with Gasteiger partial charge in [0.15, 0.2) is 17.2 Å². The molecule has 0 aliphatic carbocycles. The molecular formula is C21H24FN5O3. The number of nitrogens with zero attached hydrogens (tertiary/aromatic N) is 5. The first-order valence-electron chi connectivity index (χ1n) is 9.85. The van der Waals surface area contributed by atoms with Crippen molar-refractivity contribution in [3.63, 3.8) is 0 Å². The molecule has 0 N–H and O–H groups in total. The average Bonchev–Trinajstić information content (AvgIpc) is 3.16. The Bertz CT molecular complexity index is 1060. The fourth-order valence-electron chi connectivity index (χ4n) is 3.55. The third-order valence-electron chi connectivity index (χ3n) is 5.01. The minimum absolute atomic E-state index is 0.139. The molecule has 4 rings (SSSR count). The summed E-state index contributed by atoms with van der Waals surface area (Å²) in [6.45, 7) is 6.07. The molecule has 0 saturated carbocycles. The number of fused-ring (bicyclic) bond motifs is 1. The van der Waals surface area contributed by atoms with Gasteiger partial charge in [0.25, 0.3) is 0 Å². The molecule has 1 aliphatic heterocycles. The molecule has 3 aromatic rings. The molecule has 158 valence electrons. The van der Waals surface area contributed by atoms with E-state index in [9.17, 15) is 9.18 Å². The highest BCUT2D eigenvalue weighted by Gasteiger charge is 2.24. The van der Waals surface area contributed by atoms with E-state index in [1.54, 1.807) is 27.7 Å². The highest BCUT2D eigenvalue weighted by Crippen LogP contribution is 2.34. The monoisotopic (exact) mass is 413 g/mol. The van der Waals surface area contributed by atoms with Crippen LogP contribution in [-0.2, 0) is 4.74 Å². The number of carbonyl (C=O) groups is 1. The summed E-state index contributed by atoms with van der Waals surface area (Å²) in [7, 11) is 1.44. The molecule has 30 heavy (non-hydrogen) atoms. The number of carbonyl (C=O) groups excluding carboxylic acids is 1. The van der Waals surface area contributed by atoms with E-state index in [4.69, 9.17) is 14.5 Å². The highest BCUT2D eigenvalue weighted by atomic mass is 19.1. The van der Waals surface area contributed by atoms with Crippen molar-refractivity contribution in [3.05, 3.63) is 42.5 Å². The van der Waals surface area contributed by atoms with E-state index in [1.807, 2.05) is 26.1 Å². The lowest BCUT2D eigenvalue weighted by atomic mass is 10.1. The molecule has 1 aliphatic rings. The van der Waals surface area contributed by atoms with Crippen LogP contribution in [0.5, 0.6) is 5.75 Å². The van der Waals surface area contributed by atoms with E-state index in [-0.39, 0.29) is 17.9 Å². The van der Waals surface area contributed by atoms with Crippen molar-refractivity contribution in [1.82, 2.24) is 19.5 Å². The van der Waals surface area contributed by atoms with Crippen LogP contribution in [0, 0.1) is 5.82 Å². The summed E-state index contributed by atoms with van der Waals surface area (Å²) in [4.78, 5) is 20.7. The van der Waals surface area contributed by atoms with Gasteiger partial charge in [0.05, 0.1) is 25.0 Å². The average molecular weight is 413 g/mol. The second-order valence-electron chi connectivity index (χ2n) is 7.34. The van der Waals surface area contributed by atoms with Gasteiger partial charge in [0.1, 0.15) is 5.82 Å². The molecule has 0 bridgehead atoms. The van der Waals surface area contributed by atoms with E-state index in [2.05, 4.69) is 10.00 Å². The van der Waals surface area contributed by atoms with Crippen LogP contribution in [0.15, 0.2) is 36.7 Å². The zero-order valence-corrected chi connectivity index (χ0v) is 17.2. The standard InChI is InChI=1S/C21H24FN5O3/c1-14(2)30-21(28)26-11-9-25(10-12-26)18-7-8-27-20(24-18)16(13-23-27)15-5-4-6-17(22)19(15)29-3/h4-8,13-14H,9-12H2,1-3H3. The second kappa shape index (κ2) is 8.17. The summed E-state index contributed by atoms with van der Waals surface area (Å²) in [5.41, 5.74) is 1.89. The van der Waals surface area contributed by atoms with Crippen LogP contribution >= 0.6 is 0 Å². The molecule has 1 saturated heterocycles. The van der Waals surface area contributed by atoms with Crippen LogP contribution in [0.4, 0.5) is 15.0 Å². The van der Waals surface area contributed by atoms with E-state index in [0.717, 1.165) is 5.82 Å². The van der Waals surface area contributed by atoms with Gasteiger partial charge in [-0.3, -0.25) is 0 Å². The van der Waals surface area contributed by atoms with Crippen LogP contribution in [0.1, 0.15) is 13.8 Å². The molecule has 8 nitrogen and oxygen atoms in total. The molecule has 1 amide bonds. The zero-order valence-electron chi connectivity index (χ0n) is 17.2. The smallest absolute Gasteiger partial charge is 0.410 e. The third kappa shape index (κ3) is 3.74. The van der Waals surface area contributed by atoms with Gasteiger partial charge in [-0.05, 0) is 26.0 Å². The maximum atomic E-state index is 14.2. The van der Waals surface area contributed by atoms with Gasteiger partial charge in [0.2, 0.25) is 0 Å². The van der Waals surface area contributed by atoms with Gasteiger partial charge in [-0.15, -0.1) is 0 Å². The fourth-order valence-corrected chi connectivity index (χ4v) is 3.55. The molecular weight excluding hydrogens is 389 g/mol. The van der Waals surface area contributed by atoms with Crippen molar-refractivity contribution in [2.24, 2.45) is 0 Å². The number of anilines is 1. The predicted octanol–water partition coefficient (Wildman–Crippen LogP) is 3.21. The maximum absolute atomic E-state index is 14.2. The molecule has 9 heteroatoms. The predicted molar refractivity (Wildman–Crippen MR) is 110 cm³/mol. The van der Waals surface area contributed by atoms with Crippen molar-refractivity contribution in [2.45, 2.75) is 20.0 Å². The Hall–Kier alpha value is -3.36. The first-order valence-corrected chi connectivity index (χ1v) is 9.85. The summed E-state index contributed by atoms with van der Waals surface area (Å²) in [6.07, 6.45) is 3.05. The summed E-state index contributed by atoms with van der Waals surface area (Å²) in [6, 6.07) is 6.66. The summed E-state index contributed by atoms with van der Waals surface area (Å²) in [5, 5.41) is 4.34. The van der Waals surface area contributed by atoms with Crippen LogP contribution < -0.4 is 9.64 Å². The first kappa shape index (κ1) is 19.9. The molecule has 1 aromatic carbocycles. The minimum atomic E-state index is -0.435. The Kier molecular flexibility index (Phi) is 5.43. The van der Waals surface area contributed by atoms with Crippen molar-refractivity contribution in [3.8, 4) is 16.9 Å². The van der Waals surface area contributed by atoms with E-state index < -0.39 is 5.82 Å². The largest absolute Gasteiger partial charge is 0.493 e. The Balaban J connectivity index is 1.59. The minimum Gasteiger partial charge on any atom is -0.493 e. The molecule has 0 atom stereocenters. The number of hydrogen-bond acceptors (Lipinski definition) is 6. The maximum Gasteiger partial charge on any atom is 0.410 e. The van der Waals surface area contributed by atoms with Crippen LogP contribution in [0.25, 0.3) is 16.8 Å². The van der Waals surface area contributed by atoms with Gasteiger partial charge < -0.3 is 19.3 Å². The van der Waals surface area contributed by atoms with Gasteiger partial charge in [-0.25, -0.2) is 18.7 Å². The Morgan fingerprint density at radius 3 is 2.60 bits per heavy atom. The van der Waals surface area contributed by atoms with Crippen molar-refractivity contribution < 1.29 is 18.7 Å². The summed E-state index contributed by atoms with van der Waals surface area (Å²) >= 11 is 0. The molecule has 0 radical (unpaired) electrons. The number of rotatable bonds is 4. The second-order valence-corrected chi connectivity index (χ2v) is 7.34. The van der Waals surface area contributed by atoms with Gasteiger partial charge >= 0.3 is 6.09 Å². The number of aromatic nitrogens is 3. The number of hydrogen-bond donors (Lipinski definition) is 0. The van der Waals surface area contributed by atoms with Crippen molar-refractivity contribution in [1.29, 1.82) is 0 Å². The normalized spacial score (nSPS) is 14.4. The van der Waals surface area contributed by atoms with Gasteiger partial charge in [0, 0.05) is 37.9 Å². The Morgan fingerprint density at radius 1 is 1.13 bits per heavy atom. The summed E-state index contributed by atoms with van der Waals surface area (Å²) in [5.74, 6) is 0.503. The van der Waals surface area contributed by atoms with E-state index in [0.29, 0.717) is 43.0 Å². The van der Waals surface area contributed by atoms with Crippen LogP contribution in [0.3, 0.4) is 0 Å².